The Labute approximate surface area is 251 Å². The summed E-state index contributed by atoms with van der Waals surface area (Å²) in [5, 5.41) is 4.68. The standard InChI is InChI=1S/C32H32ClN3O5S/c1-3-24-13-16-28(17-14-24)36(42(38,39)29-11-6-5-7-12-29)22-32(37)35-34-21-25-15-18-30(31(20-25)40-4-2)41-23-26-9-8-10-27(33)19-26/h5-21H,3-4,22-23H2,1-2H3,(H,35,37)/b34-21-. The topological polar surface area (TPSA) is 97.3 Å². The molecule has 10 heteroatoms. The highest BCUT2D eigenvalue weighted by Gasteiger charge is 2.27. The van der Waals surface area contributed by atoms with E-state index in [9.17, 15) is 13.2 Å². The molecule has 0 heterocycles. The molecule has 0 aliphatic rings. The molecule has 0 aliphatic heterocycles. The highest BCUT2D eigenvalue weighted by atomic mass is 35.5. The molecule has 0 unspecified atom stereocenters. The van der Waals surface area contributed by atoms with E-state index in [0.29, 0.717) is 41.0 Å². The number of aryl methyl sites for hydroxylation is 1. The number of nitrogens with one attached hydrogen (secondary N) is 1. The lowest BCUT2D eigenvalue weighted by molar-refractivity contribution is -0.119. The van der Waals surface area contributed by atoms with Crippen LogP contribution in [-0.2, 0) is 27.8 Å². The summed E-state index contributed by atoms with van der Waals surface area (Å²) in [5.41, 5.74) is 5.44. The van der Waals surface area contributed by atoms with Crippen molar-refractivity contribution >= 4 is 39.4 Å². The third-order valence-electron chi connectivity index (χ3n) is 6.20. The molecule has 1 N–H and O–H groups in total. The van der Waals surface area contributed by atoms with Gasteiger partial charge in [-0.15, -0.1) is 0 Å². The number of hydrogen-bond donors (Lipinski definition) is 1. The van der Waals surface area contributed by atoms with Gasteiger partial charge in [-0.3, -0.25) is 9.10 Å². The maximum atomic E-state index is 13.5. The van der Waals surface area contributed by atoms with E-state index in [2.05, 4.69) is 10.5 Å². The van der Waals surface area contributed by atoms with Crippen LogP contribution >= 0.6 is 11.6 Å². The van der Waals surface area contributed by atoms with Crippen molar-refractivity contribution in [2.75, 3.05) is 17.5 Å². The van der Waals surface area contributed by atoms with Gasteiger partial charge in [0.2, 0.25) is 0 Å². The van der Waals surface area contributed by atoms with Crippen molar-refractivity contribution in [2.24, 2.45) is 5.10 Å². The van der Waals surface area contributed by atoms with Crippen molar-refractivity contribution in [3.8, 4) is 11.5 Å². The molecule has 0 saturated heterocycles. The average molecular weight is 606 g/mol. The Morgan fingerprint density at radius 3 is 2.33 bits per heavy atom. The molecule has 8 nitrogen and oxygen atoms in total. The number of ether oxygens (including phenoxy) is 2. The van der Waals surface area contributed by atoms with Gasteiger partial charge in [0.15, 0.2) is 11.5 Å². The van der Waals surface area contributed by atoms with Crippen molar-refractivity contribution in [2.45, 2.75) is 31.8 Å². The number of sulfonamides is 1. The van der Waals surface area contributed by atoms with E-state index >= 15 is 0 Å². The number of hydrogen-bond acceptors (Lipinski definition) is 6. The smallest absolute Gasteiger partial charge is 0.264 e. The second-order valence-corrected chi connectivity index (χ2v) is 11.5. The van der Waals surface area contributed by atoms with Gasteiger partial charge in [-0.25, -0.2) is 13.8 Å². The number of amides is 1. The summed E-state index contributed by atoms with van der Waals surface area (Å²) in [6.45, 7) is 4.16. The summed E-state index contributed by atoms with van der Waals surface area (Å²) >= 11 is 6.06. The van der Waals surface area contributed by atoms with Crippen LogP contribution in [-0.4, -0.2) is 33.7 Å². The molecule has 42 heavy (non-hydrogen) atoms. The molecule has 0 radical (unpaired) electrons. The summed E-state index contributed by atoms with van der Waals surface area (Å²) in [5.74, 6) is 0.469. The van der Waals surface area contributed by atoms with Crippen molar-refractivity contribution in [1.29, 1.82) is 0 Å². The number of anilines is 1. The number of hydrazone groups is 1. The Bertz CT molecular complexity index is 1630. The van der Waals surface area contributed by atoms with Crippen LogP contribution in [0.15, 0.2) is 107 Å². The Hall–Kier alpha value is -4.34. The molecule has 0 atom stereocenters. The molecule has 0 fully saturated rings. The monoisotopic (exact) mass is 605 g/mol. The minimum absolute atomic E-state index is 0.0852. The fraction of sp³-hybridized carbons (Fsp3) is 0.188. The third kappa shape index (κ3) is 8.11. The number of halogens is 1. The SMILES string of the molecule is CCOc1cc(/C=N\NC(=O)CN(c2ccc(CC)cc2)S(=O)(=O)c2ccccc2)ccc1OCc1cccc(Cl)c1. The van der Waals surface area contributed by atoms with Gasteiger partial charge < -0.3 is 9.47 Å². The van der Waals surface area contributed by atoms with Crippen LogP contribution in [0.25, 0.3) is 0 Å². The zero-order valence-electron chi connectivity index (χ0n) is 23.4. The first-order valence-corrected chi connectivity index (χ1v) is 15.2. The second-order valence-electron chi connectivity index (χ2n) is 9.20. The van der Waals surface area contributed by atoms with Crippen LogP contribution in [0.2, 0.25) is 5.02 Å². The van der Waals surface area contributed by atoms with Gasteiger partial charge in [0, 0.05) is 5.02 Å². The van der Waals surface area contributed by atoms with Crippen LogP contribution in [0.5, 0.6) is 11.5 Å². The first kappa shape index (κ1) is 30.6. The molecule has 1 amide bonds. The maximum absolute atomic E-state index is 13.5. The van der Waals surface area contributed by atoms with Gasteiger partial charge in [0.1, 0.15) is 13.2 Å². The number of benzene rings is 4. The maximum Gasteiger partial charge on any atom is 0.264 e. The Morgan fingerprint density at radius 1 is 0.881 bits per heavy atom. The van der Waals surface area contributed by atoms with E-state index in [0.717, 1.165) is 21.9 Å². The van der Waals surface area contributed by atoms with E-state index in [-0.39, 0.29) is 4.90 Å². The third-order valence-corrected chi connectivity index (χ3v) is 8.23. The number of nitrogens with zero attached hydrogens (tertiary/aromatic N) is 2. The molecule has 0 aliphatic carbocycles. The molecule has 0 aromatic heterocycles. The number of carbonyl (C=O) groups excluding carboxylic acids is 1. The first-order valence-electron chi connectivity index (χ1n) is 13.4. The van der Waals surface area contributed by atoms with Crippen molar-refractivity contribution < 1.29 is 22.7 Å². The van der Waals surface area contributed by atoms with Gasteiger partial charge in [-0.05, 0) is 84.6 Å². The molecule has 218 valence electrons. The molecule has 0 saturated carbocycles. The largest absolute Gasteiger partial charge is 0.490 e. The van der Waals surface area contributed by atoms with Gasteiger partial charge in [-0.2, -0.15) is 5.10 Å². The Balaban J connectivity index is 1.46. The van der Waals surface area contributed by atoms with Crippen LogP contribution in [0.1, 0.15) is 30.5 Å². The summed E-state index contributed by atoms with van der Waals surface area (Å²) in [4.78, 5) is 13.0. The zero-order chi connectivity index (χ0) is 30.0. The molecule has 0 spiro atoms. The van der Waals surface area contributed by atoms with Crippen molar-refractivity contribution in [3.63, 3.8) is 0 Å². The molecule has 4 aromatic carbocycles. The summed E-state index contributed by atoms with van der Waals surface area (Å²) < 4.78 is 39.7. The van der Waals surface area contributed by atoms with Gasteiger partial charge in [0.05, 0.1) is 23.4 Å². The molecular formula is C32H32ClN3O5S. The normalized spacial score (nSPS) is 11.3. The number of rotatable bonds is 13. The lowest BCUT2D eigenvalue weighted by Crippen LogP contribution is -2.39. The molecule has 4 rings (SSSR count). The predicted octanol–water partition coefficient (Wildman–Crippen LogP) is 6.23. The molecule has 0 bridgehead atoms. The van der Waals surface area contributed by atoms with E-state index < -0.39 is 22.5 Å². The minimum Gasteiger partial charge on any atom is -0.490 e. The van der Waals surface area contributed by atoms with Crippen LogP contribution < -0.4 is 19.2 Å². The van der Waals surface area contributed by atoms with Gasteiger partial charge in [0.25, 0.3) is 15.9 Å². The summed E-state index contributed by atoms with van der Waals surface area (Å²) in [6, 6.07) is 27.8. The molecule has 4 aromatic rings. The fourth-order valence-electron chi connectivity index (χ4n) is 4.06. The second kappa shape index (κ2) is 14.5. The van der Waals surface area contributed by atoms with E-state index in [1.54, 1.807) is 54.6 Å². The zero-order valence-corrected chi connectivity index (χ0v) is 24.9. The first-order chi connectivity index (χ1) is 20.3. The molecular weight excluding hydrogens is 574 g/mol. The van der Waals surface area contributed by atoms with Crippen LogP contribution in [0.3, 0.4) is 0 Å². The van der Waals surface area contributed by atoms with E-state index in [1.165, 1.54) is 18.3 Å². The summed E-state index contributed by atoms with van der Waals surface area (Å²) in [6.07, 6.45) is 2.26. The van der Waals surface area contributed by atoms with Gasteiger partial charge >= 0.3 is 0 Å². The van der Waals surface area contributed by atoms with Crippen molar-refractivity contribution in [3.05, 3.63) is 119 Å². The average Bonchev–Trinajstić information content (AvgIpc) is 3.00. The van der Waals surface area contributed by atoms with E-state index in [1.807, 2.05) is 44.2 Å². The Morgan fingerprint density at radius 2 is 1.64 bits per heavy atom. The highest BCUT2D eigenvalue weighted by Crippen LogP contribution is 2.29. The van der Waals surface area contributed by atoms with Crippen LogP contribution in [0, 0.1) is 0 Å². The predicted molar refractivity (Wildman–Crippen MR) is 166 cm³/mol. The lowest BCUT2D eigenvalue weighted by Gasteiger charge is -2.24. The highest BCUT2D eigenvalue weighted by molar-refractivity contribution is 7.92. The fourth-order valence-corrected chi connectivity index (χ4v) is 5.71. The van der Waals surface area contributed by atoms with Crippen molar-refractivity contribution in [1.82, 2.24) is 5.43 Å². The lowest BCUT2D eigenvalue weighted by atomic mass is 10.1. The summed E-state index contributed by atoms with van der Waals surface area (Å²) in [7, 11) is -4.01. The quantitative estimate of drug-likeness (QED) is 0.144. The van der Waals surface area contributed by atoms with Gasteiger partial charge in [-0.1, -0.05) is 61.0 Å². The van der Waals surface area contributed by atoms with Crippen LogP contribution in [0.4, 0.5) is 5.69 Å². The Kier molecular flexibility index (Phi) is 10.6. The number of carbonyl (C=O) groups is 1. The van der Waals surface area contributed by atoms with E-state index in [4.69, 9.17) is 21.1 Å². The minimum atomic E-state index is -4.01.